The monoisotopic (exact) mass is 285 g/mol. The number of aliphatic carboxylic acids is 1. The van der Waals surface area contributed by atoms with E-state index in [0.717, 1.165) is 12.0 Å². The van der Waals surface area contributed by atoms with E-state index in [-0.39, 0.29) is 18.6 Å². The summed E-state index contributed by atoms with van der Waals surface area (Å²) in [6.45, 7) is 2.03. The first-order valence-electron chi connectivity index (χ1n) is 6.14. The van der Waals surface area contributed by atoms with Gasteiger partial charge in [0.2, 0.25) is 10.0 Å². The molecule has 0 aliphatic carbocycles. The maximum absolute atomic E-state index is 12.0. The van der Waals surface area contributed by atoms with Gasteiger partial charge in [-0.25, -0.2) is 8.42 Å². The second kappa shape index (κ2) is 6.56. The number of sulfonamides is 1. The number of anilines is 1. The van der Waals surface area contributed by atoms with E-state index in [0.29, 0.717) is 5.69 Å². The van der Waals surface area contributed by atoms with Gasteiger partial charge in [0.15, 0.2) is 0 Å². The van der Waals surface area contributed by atoms with Gasteiger partial charge in [0.1, 0.15) is 0 Å². The Bertz CT molecular complexity index is 522. The molecule has 0 aliphatic rings. The van der Waals surface area contributed by atoms with Gasteiger partial charge < -0.3 is 5.11 Å². The zero-order valence-electron chi connectivity index (χ0n) is 11.2. The average Bonchev–Trinajstić information content (AvgIpc) is 2.37. The lowest BCUT2D eigenvalue weighted by molar-refractivity contribution is -0.137. The lowest BCUT2D eigenvalue weighted by Gasteiger charge is -2.19. The molecule has 1 N–H and O–H groups in total. The van der Waals surface area contributed by atoms with E-state index in [4.69, 9.17) is 5.11 Å². The second-order valence-corrected chi connectivity index (χ2v) is 6.42. The maximum atomic E-state index is 12.0. The molecule has 0 spiro atoms. The number of benzene rings is 1. The van der Waals surface area contributed by atoms with Gasteiger partial charge in [0, 0.05) is 13.5 Å². The highest BCUT2D eigenvalue weighted by molar-refractivity contribution is 7.92. The molecule has 0 bridgehead atoms. The third-order valence-corrected chi connectivity index (χ3v) is 4.77. The van der Waals surface area contributed by atoms with Crippen LogP contribution in [0, 0.1) is 0 Å². The predicted molar refractivity (Wildman–Crippen MR) is 74.9 cm³/mol. The number of carboxylic acid groups (broad SMARTS) is 1. The number of rotatable bonds is 7. The van der Waals surface area contributed by atoms with Gasteiger partial charge in [-0.15, -0.1) is 0 Å². The van der Waals surface area contributed by atoms with E-state index in [2.05, 4.69) is 0 Å². The first-order chi connectivity index (χ1) is 8.86. The van der Waals surface area contributed by atoms with E-state index in [1.165, 1.54) is 11.4 Å². The van der Waals surface area contributed by atoms with Crippen molar-refractivity contribution in [2.75, 3.05) is 17.1 Å². The first-order valence-corrected chi connectivity index (χ1v) is 7.75. The Morgan fingerprint density at radius 1 is 1.26 bits per heavy atom. The summed E-state index contributed by atoms with van der Waals surface area (Å²) < 4.78 is 25.2. The van der Waals surface area contributed by atoms with Crippen LogP contribution in [-0.4, -0.2) is 32.3 Å². The number of hydrogen-bond acceptors (Lipinski definition) is 3. The molecule has 0 unspecified atom stereocenters. The second-order valence-electron chi connectivity index (χ2n) is 4.30. The van der Waals surface area contributed by atoms with Gasteiger partial charge in [-0.3, -0.25) is 9.10 Å². The topological polar surface area (TPSA) is 74.7 Å². The molecular formula is C13H19NO4S. The molecule has 1 aromatic carbocycles. The predicted octanol–water partition coefficient (Wildman–Crippen LogP) is 1.88. The molecule has 0 heterocycles. The van der Waals surface area contributed by atoms with Crippen molar-refractivity contribution in [2.24, 2.45) is 0 Å². The van der Waals surface area contributed by atoms with Gasteiger partial charge in [-0.1, -0.05) is 19.1 Å². The van der Waals surface area contributed by atoms with Crippen molar-refractivity contribution in [1.29, 1.82) is 0 Å². The third-order valence-electron chi connectivity index (χ3n) is 2.92. The number of carboxylic acids is 1. The fourth-order valence-corrected chi connectivity index (χ4v) is 2.87. The van der Waals surface area contributed by atoms with Crippen molar-refractivity contribution in [3.8, 4) is 0 Å². The average molecular weight is 285 g/mol. The maximum Gasteiger partial charge on any atom is 0.303 e. The number of nitrogens with zero attached hydrogens (tertiary/aromatic N) is 1. The summed E-state index contributed by atoms with van der Waals surface area (Å²) in [5.74, 6) is -1.14. The molecule has 0 fully saturated rings. The summed E-state index contributed by atoms with van der Waals surface area (Å²) in [4.78, 5) is 10.4. The van der Waals surface area contributed by atoms with E-state index >= 15 is 0 Å². The zero-order valence-corrected chi connectivity index (χ0v) is 12.0. The van der Waals surface area contributed by atoms with Gasteiger partial charge >= 0.3 is 5.97 Å². The molecular weight excluding hydrogens is 266 g/mol. The molecule has 0 aliphatic heterocycles. The van der Waals surface area contributed by atoms with Crippen LogP contribution in [0.5, 0.6) is 0 Å². The largest absolute Gasteiger partial charge is 0.481 e. The van der Waals surface area contributed by atoms with Gasteiger partial charge in [-0.2, -0.15) is 0 Å². The van der Waals surface area contributed by atoms with Crippen LogP contribution in [0.25, 0.3) is 0 Å². The summed E-state index contributed by atoms with van der Waals surface area (Å²) >= 11 is 0. The van der Waals surface area contributed by atoms with E-state index in [1.54, 1.807) is 12.1 Å². The molecule has 0 amide bonds. The Hall–Kier alpha value is -1.56. The third kappa shape index (κ3) is 4.55. The minimum atomic E-state index is -3.46. The summed E-state index contributed by atoms with van der Waals surface area (Å²) in [6, 6.07) is 7.29. The van der Waals surface area contributed by atoms with Crippen molar-refractivity contribution in [3.63, 3.8) is 0 Å². The molecule has 19 heavy (non-hydrogen) atoms. The van der Waals surface area contributed by atoms with Gasteiger partial charge in [-0.05, 0) is 30.5 Å². The minimum Gasteiger partial charge on any atom is -0.481 e. The summed E-state index contributed by atoms with van der Waals surface area (Å²) in [5, 5.41) is 8.52. The Morgan fingerprint density at radius 2 is 1.84 bits per heavy atom. The van der Waals surface area contributed by atoms with Crippen molar-refractivity contribution < 1.29 is 18.3 Å². The van der Waals surface area contributed by atoms with Crippen LogP contribution in [-0.2, 0) is 21.2 Å². The van der Waals surface area contributed by atoms with E-state index in [1.807, 2.05) is 19.1 Å². The van der Waals surface area contributed by atoms with Crippen molar-refractivity contribution in [2.45, 2.75) is 26.2 Å². The first kappa shape index (κ1) is 15.5. The lowest BCUT2D eigenvalue weighted by Crippen LogP contribution is -2.29. The lowest BCUT2D eigenvalue weighted by atomic mass is 10.1. The molecule has 1 aromatic rings. The van der Waals surface area contributed by atoms with E-state index < -0.39 is 16.0 Å². The zero-order chi connectivity index (χ0) is 14.5. The number of aryl methyl sites for hydroxylation is 1. The van der Waals surface area contributed by atoms with Crippen LogP contribution < -0.4 is 4.31 Å². The van der Waals surface area contributed by atoms with E-state index in [9.17, 15) is 13.2 Å². The number of carbonyl (C=O) groups is 1. The molecule has 0 atom stereocenters. The van der Waals surface area contributed by atoms with Crippen LogP contribution in [0.3, 0.4) is 0 Å². The fourth-order valence-electron chi connectivity index (χ4n) is 1.64. The molecule has 6 heteroatoms. The normalized spacial score (nSPS) is 11.3. The highest BCUT2D eigenvalue weighted by Crippen LogP contribution is 2.18. The minimum absolute atomic E-state index is 0.120. The van der Waals surface area contributed by atoms with Gasteiger partial charge in [0.05, 0.1) is 11.4 Å². The molecule has 0 radical (unpaired) electrons. The molecule has 5 nitrogen and oxygen atoms in total. The highest BCUT2D eigenvalue weighted by Gasteiger charge is 2.18. The van der Waals surface area contributed by atoms with Crippen molar-refractivity contribution in [3.05, 3.63) is 29.8 Å². The van der Waals surface area contributed by atoms with Crippen LogP contribution in [0.15, 0.2) is 24.3 Å². The standard InChI is InChI=1S/C13H19NO4S/c1-3-11-6-8-12(9-7-11)14(2)19(17,18)10-4-5-13(15)16/h6-9H,3-5,10H2,1-2H3,(H,15,16). The molecule has 0 saturated carbocycles. The Balaban J connectivity index is 2.73. The summed E-state index contributed by atoms with van der Waals surface area (Å²) in [7, 11) is -1.98. The Kier molecular flexibility index (Phi) is 5.35. The van der Waals surface area contributed by atoms with Crippen molar-refractivity contribution >= 4 is 21.7 Å². The molecule has 1 rings (SSSR count). The van der Waals surface area contributed by atoms with Crippen LogP contribution in [0.1, 0.15) is 25.3 Å². The van der Waals surface area contributed by atoms with Crippen LogP contribution in [0.4, 0.5) is 5.69 Å². The fraction of sp³-hybridized carbons (Fsp3) is 0.462. The van der Waals surface area contributed by atoms with Crippen molar-refractivity contribution in [1.82, 2.24) is 0 Å². The van der Waals surface area contributed by atoms with Crippen LogP contribution in [0.2, 0.25) is 0 Å². The molecule has 106 valence electrons. The quantitative estimate of drug-likeness (QED) is 0.830. The van der Waals surface area contributed by atoms with Gasteiger partial charge in [0.25, 0.3) is 0 Å². The Morgan fingerprint density at radius 3 is 2.32 bits per heavy atom. The summed E-state index contributed by atoms with van der Waals surface area (Å²) in [5.41, 5.74) is 1.73. The smallest absolute Gasteiger partial charge is 0.303 e. The Labute approximate surface area is 113 Å². The van der Waals surface area contributed by atoms with Crippen LogP contribution >= 0.6 is 0 Å². The SMILES string of the molecule is CCc1ccc(N(C)S(=O)(=O)CCCC(=O)O)cc1. The molecule has 0 aromatic heterocycles. The highest BCUT2D eigenvalue weighted by atomic mass is 32.2. The molecule has 0 saturated heterocycles. The summed E-state index contributed by atoms with van der Waals surface area (Å²) in [6.07, 6.45) is 0.881. The number of hydrogen-bond donors (Lipinski definition) is 1.